The van der Waals surface area contributed by atoms with Gasteiger partial charge in [0.2, 0.25) is 5.75 Å². The van der Waals surface area contributed by atoms with Gasteiger partial charge >= 0.3 is 5.63 Å². The normalized spacial score (nSPS) is 10.6. The first-order chi connectivity index (χ1) is 12.5. The number of pyridine rings is 1. The van der Waals surface area contributed by atoms with Crippen LogP contribution in [0, 0.1) is 6.92 Å². The lowest BCUT2D eigenvalue weighted by Crippen LogP contribution is -2.21. The van der Waals surface area contributed by atoms with Crippen LogP contribution in [-0.2, 0) is 0 Å². The fraction of sp³-hybridized carbons (Fsp3) is 0.211. The molecular weight excluding hydrogens is 336 g/mol. The van der Waals surface area contributed by atoms with Gasteiger partial charge in [0, 0.05) is 11.6 Å². The van der Waals surface area contributed by atoms with Crippen molar-refractivity contribution in [2.45, 2.75) is 13.8 Å². The summed E-state index contributed by atoms with van der Waals surface area (Å²) < 4.78 is 16.2. The average Bonchev–Trinajstić information content (AvgIpc) is 2.63. The van der Waals surface area contributed by atoms with E-state index in [2.05, 4.69) is 10.3 Å². The molecule has 26 heavy (non-hydrogen) atoms. The SMILES string of the molecule is CCOc1c(OC)ccc2cc(C(=O)Nc3cccnc3C)c(=O)oc12. The lowest BCUT2D eigenvalue weighted by Gasteiger charge is -2.12. The molecule has 7 nitrogen and oxygen atoms in total. The van der Waals surface area contributed by atoms with Crippen molar-refractivity contribution in [3.63, 3.8) is 0 Å². The molecule has 0 aliphatic carbocycles. The Bertz CT molecular complexity index is 1030. The highest BCUT2D eigenvalue weighted by atomic mass is 16.5. The Morgan fingerprint density at radius 2 is 2.12 bits per heavy atom. The van der Waals surface area contributed by atoms with E-state index < -0.39 is 11.5 Å². The van der Waals surface area contributed by atoms with Crippen LogP contribution in [0.5, 0.6) is 11.5 Å². The molecule has 0 aliphatic rings. The summed E-state index contributed by atoms with van der Waals surface area (Å²) in [5.41, 5.74) is 0.556. The second-order valence-electron chi connectivity index (χ2n) is 5.49. The molecule has 3 rings (SSSR count). The third-order valence-corrected chi connectivity index (χ3v) is 3.83. The maximum absolute atomic E-state index is 12.5. The summed E-state index contributed by atoms with van der Waals surface area (Å²) in [6.45, 7) is 3.95. The van der Waals surface area contributed by atoms with E-state index in [1.165, 1.54) is 13.2 Å². The van der Waals surface area contributed by atoms with Crippen LogP contribution in [0.15, 0.2) is 45.7 Å². The number of aromatic nitrogens is 1. The molecule has 0 unspecified atom stereocenters. The molecule has 1 amide bonds. The van der Waals surface area contributed by atoms with Crippen LogP contribution in [0.1, 0.15) is 23.0 Å². The molecule has 1 N–H and O–H groups in total. The van der Waals surface area contributed by atoms with Gasteiger partial charge in [-0.25, -0.2) is 4.79 Å². The number of aryl methyl sites for hydroxylation is 1. The van der Waals surface area contributed by atoms with Crippen LogP contribution in [0.4, 0.5) is 5.69 Å². The number of nitrogens with zero attached hydrogens (tertiary/aromatic N) is 1. The number of carbonyl (C=O) groups excluding carboxylic acids is 1. The number of hydrogen-bond acceptors (Lipinski definition) is 6. The molecule has 0 bridgehead atoms. The summed E-state index contributed by atoms with van der Waals surface area (Å²) in [7, 11) is 1.50. The fourth-order valence-electron chi connectivity index (χ4n) is 2.55. The topological polar surface area (TPSA) is 90.7 Å². The number of rotatable bonds is 5. The quantitative estimate of drug-likeness (QED) is 0.708. The zero-order chi connectivity index (χ0) is 18.7. The van der Waals surface area contributed by atoms with Crippen molar-refractivity contribution in [1.82, 2.24) is 4.98 Å². The van der Waals surface area contributed by atoms with Gasteiger partial charge in [0.05, 0.1) is 25.1 Å². The summed E-state index contributed by atoms with van der Waals surface area (Å²) in [5, 5.41) is 3.23. The predicted molar refractivity (Wildman–Crippen MR) is 97.1 cm³/mol. The second kappa shape index (κ2) is 7.26. The van der Waals surface area contributed by atoms with Gasteiger partial charge in [0.1, 0.15) is 5.56 Å². The van der Waals surface area contributed by atoms with Gasteiger partial charge in [0.15, 0.2) is 11.3 Å². The number of amides is 1. The number of carbonyl (C=O) groups is 1. The Kier molecular flexibility index (Phi) is 4.88. The average molecular weight is 354 g/mol. The van der Waals surface area contributed by atoms with Gasteiger partial charge in [-0.15, -0.1) is 0 Å². The van der Waals surface area contributed by atoms with Gasteiger partial charge in [-0.05, 0) is 44.2 Å². The Hall–Kier alpha value is -3.35. The van der Waals surface area contributed by atoms with Crippen molar-refractivity contribution in [1.29, 1.82) is 0 Å². The molecule has 0 saturated heterocycles. The number of benzene rings is 1. The van der Waals surface area contributed by atoms with Crippen molar-refractivity contribution in [3.8, 4) is 11.5 Å². The van der Waals surface area contributed by atoms with Crippen molar-refractivity contribution < 1.29 is 18.7 Å². The molecule has 0 aliphatic heterocycles. The van der Waals surface area contributed by atoms with Crippen molar-refractivity contribution in [2.75, 3.05) is 19.0 Å². The summed E-state index contributed by atoms with van der Waals surface area (Å²) in [6, 6.07) is 8.28. The Balaban J connectivity index is 2.05. The molecule has 7 heteroatoms. The number of anilines is 1. The van der Waals surface area contributed by atoms with Crippen LogP contribution in [0.2, 0.25) is 0 Å². The highest BCUT2D eigenvalue weighted by Crippen LogP contribution is 2.35. The number of hydrogen-bond donors (Lipinski definition) is 1. The number of nitrogens with one attached hydrogen (secondary N) is 1. The minimum absolute atomic E-state index is 0.103. The zero-order valence-electron chi connectivity index (χ0n) is 14.7. The van der Waals surface area contributed by atoms with Gasteiger partial charge in [-0.3, -0.25) is 9.78 Å². The summed E-state index contributed by atoms with van der Waals surface area (Å²) >= 11 is 0. The van der Waals surface area contributed by atoms with Crippen LogP contribution in [0.25, 0.3) is 11.0 Å². The molecule has 134 valence electrons. The third-order valence-electron chi connectivity index (χ3n) is 3.83. The van der Waals surface area contributed by atoms with Crippen LogP contribution < -0.4 is 20.4 Å². The molecular formula is C19H18N2O5. The molecule has 2 aromatic heterocycles. The zero-order valence-corrected chi connectivity index (χ0v) is 14.7. The van der Waals surface area contributed by atoms with Crippen molar-refractivity contribution in [3.05, 3.63) is 58.2 Å². The first-order valence-electron chi connectivity index (χ1n) is 8.05. The summed E-state index contributed by atoms with van der Waals surface area (Å²) in [5.74, 6) is 0.218. The van der Waals surface area contributed by atoms with E-state index in [-0.39, 0.29) is 11.1 Å². The highest BCUT2D eigenvalue weighted by molar-refractivity contribution is 6.06. The number of methoxy groups -OCH3 is 1. The largest absolute Gasteiger partial charge is 0.493 e. The fourth-order valence-corrected chi connectivity index (χ4v) is 2.55. The smallest absolute Gasteiger partial charge is 0.349 e. The van der Waals surface area contributed by atoms with Crippen molar-refractivity contribution in [2.24, 2.45) is 0 Å². The molecule has 1 aromatic carbocycles. The van der Waals surface area contributed by atoms with Crippen LogP contribution >= 0.6 is 0 Å². The second-order valence-corrected chi connectivity index (χ2v) is 5.49. The number of ether oxygens (including phenoxy) is 2. The van der Waals surface area contributed by atoms with Gasteiger partial charge in [0.25, 0.3) is 5.91 Å². The molecule has 3 aromatic rings. The summed E-state index contributed by atoms with van der Waals surface area (Å²) in [6.07, 6.45) is 1.62. The first-order valence-corrected chi connectivity index (χ1v) is 8.05. The lowest BCUT2D eigenvalue weighted by molar-refractivity contribution is 0.102. The summed E-state index contributed by atoms with van der Waals surface area (Å²) in [4.78, 5) is 29.0. The van der Waals surface area contributed by atoms with Gasteiger partial charge in [-0.1, -0.05) is 0 Å². The van der Waals surface area contributed by atoms with E-state index in [0.717, 1.165) is 0 Å². The third kappa shape index (κ3) is 3.23. The van der Waals surface area contributed by atoms with Crippen LogP contribution in [0.3, 0.4) is 0 Å². The van der Waals surface area contributed by atoms with E-state index in [1.54, 1.807) is 37.4 Å². The van der Waals surface area contributed by atoms with Gasteiger partial charge in [-0.2, -0.15) is 0 Å². The minimum atomic E-state index is -0.759. The van der Waals surface area contributed by atoms with Gasteiger partial charge < -0.3 is 19.2 Å². The molecule has 0 fully saturated rings. The minimum Gasteiger partial charge on any atom is -0.493 e. The van der Waals surface area contributed by atoms with Crippen LogP contribution in [-0.4, -0.2) is 24.6 Å². The lowest BCUT2D eigenvalue weighted by atomic mass is 10.1. The molecule has 0 spiro atoms. The Labute approximate surface area is 149 Å². The standard InChI is InChI=1S/C19H18N2O5/c1-4-25-17-15(24-3)8-7-12-10-13(19(23)26-16(12)17)18(22)21-14-6-5-9-20-11(14)2/h5-10H,4H2,1-3H3,(H,21,22). The molecule has 0 saturated carbocycles. The molecule has 0 radical (unpaired) electrons. The predicted octanol–water partition coefficient (Wildman–Crippen LogP) is 3.16. The Morgan fingerprint density at radius 3 is 2.81 bits per heavy atom. The van der Waals surface area contributed by atoms with E-state index in [1.807, 2.05) is 6.92 Å². The van der Waals surface area contributed by atoms with E-state index in [0.29, 0.717) is 34.9 Å². The maximum atomic E-state index is 12.5. The van der Waals surface area contributed by atoms with Crippen molar-refractivity contribution >= 4 is 22.6 Å². The number of fused-ring (bicyclic) bond motifs is 1. The monoisotopic (exact) mass is 354 g/mol. The molecule has 0 atom stereocenters. The van der Waals surface area contributed by atoms with E-state index in [9.17, 15) is 9.59 Å². The highest BCUT2D eigenvalue weighted by Gasteiger charge is 2.19. The van der Waals surface area contributed by atoms with E-state index in [4.69, 9.17) is 13.9 Å². The van der Waals surface area contributed by atoms with E-state index >= 15 is 0 Å². The molecule has 2 heterocycles. The first kappa shape index (κ1) is 17.5. The maximum Gasteiger partial charge on any atom is 0.349 e. The Morgan fingerprint density at radius 1 is 1.31 bits per heavy atom.